The minimum atomic E-state index is -3.54. The van der Waals surface area contributed by atoms with Gasteiger partial charge in [-0.05, 0) is 43.0 Å². The Morgan fingerprint density at radius 3 is 2.44 bits per heavy atom. The molecule has 136 valence electrons. The average Bonchev–Trinajstić information content (AvgIpc) is 2.97. The minimum Gasteiger partial charge on any atom is -0.481 e. The SMILES string of the molecule is CC1CCCN(S(=O)(=O)c2ccc(N3CC(C(=O)O)CC3=O)cc2)C1. The number of carbonyl (C=O) groups excluding carboxylic acids is 1. The second kappa shape index (κ2) is 6.76. The van der Waals surface area contributed by atoms with E-state index in [9.17, 15) is 18.0 Å². The van der Waals surface area contributed by atoms with Crippen molar-refractivity contribution >= 4 is 27.6 Å². The Labute approximate surface area is 147 Å². The average molecular weight is 366 g/mol. The van der Waals surface area contributed by atoms with E-state index in [0.29, 0.717) is 24.7 Å². The number of hydrogen-bond acceptors (Lipinski definition) is 4. The Morgan fingerprint density at radius 2 is 1.88 bits per heavy atom. The van der Waals surface area contributed by atoms with Gasteiger partial charge in [-0.25, -0.2) is 8.42 Å². The van der Waals surface area contributed by atoms with Crippen molar-refractivity contribution in [2.75, 3.05) is 24.5 Å². The van der Waals surface area contributed by atoms with Crippen molar-refractivity contribution in [3.63, 3.8) is 0 Å². The molecule has 2 unspecified atom stereocenters. The van der Waals surface area contributed by atoms with Gasteiger partial charge in [0.25, 0.3) is 0 Å². The predicted octanol–water partition coefficient (Wildman–Crippen LogP) is 1.54. The van der Waals surface area contributed by atoms with Crippen LogP contribution in [0.1, 0.15) is 26.2 Å². The van der Waals surface area contributed by atoms with E-state index >= 15 is 0 Å². The number of carboxylic acid groups (broad SMARTS) is 1. The lowest BCUT2D eigenvalue weighted by Crippen LogP contribution is -2.39. The zero-order chi connectivity index (χ0) is 18.2. The summed E-state index contributed by atoms with van der Waals surface area (Å²) < 4.78 is 27.0. The van der Waals surface area contributed by atoms with E-state index in [1.54, 1.807) is 12.1 Å². The molecule has 2 atom stereocenters. The molecule has 8 heteroatoms. The van der Waals surface area contributed by atoms with Crippen LogP contribution in [0.4, 0.5) is 5.69 Å². The largest absolute Gasteiger partial charge is 0.481 e. The van der Waals surface area contributed by atoms with Crippen molar-refractivity contribution < 1.29 is 23.1 Å². The molecule has 25 heavy (non-hydrogen) atoms. The Bertz CT molecular complexity index is 775. The third-order valence-electron chi connectivity index (χ3n) is 4.88. The van der Waals surface area contributed by atoms with Gasteiger partial charge in [-0.3, -0.25) is 9.59 Å². The molecule has 0 aromatic heterocycles. The number of piperidine rings is 1. The molecule has 2 fully saturated rings. The lowest BCUT2D eigenvalue weighted by molar-refractivity contribution is -0.141. The first-order valence-electron chi connectivity index (χ1n) is 8.42. The van der Waals surface area contributed by atoms with Gasteiger partial charge in [0.2, 0.25) is 15.9 Å². The fraction of sp³-hybridized carbons (Fsp3) is 0.529. The number of aliphatic carboxylic acids is 1. The number of hydrogen-bond donors (Lipinski definition) is 1. The van der Waals surface area contributed by atoms with Crippen LogP contribution in [0.2, 0.25) is 0 Å². The van der Waals surface area contributed by atoms with Crippen molar-refractivity contribution in [2.24, 2.45) is 11.8 Å². The van der Waals surface area contributed by atoms with Crippen molar-refractivity contribution in [2.45, 2.75) is 31.1 Å². The van der Waals surface area contributed by atoms with E-state index in [2.05, 4.69) is 0 Å². The topological polar surface area (TPSA) is 95.0 Å². The molecular formula is C17H22N2O5S. The molecule has 2 saturated heterocycles. The Morgan fingerprint density at radius 1 is 1.20 bits per heavy atom. The lowest BCUT2D eigenvalue weighted by atomic mass is 10.0. The Kier molecular flexibility index (Phi) is 4.83. The van der Waals surface area contributed by atoms with E-state index in [1.807, 2.05) is 6.92 Å². The second-order valence-electron chi connectivity index (χ2n) is 6.85. The predicted molar refractivity (Wildman–Crippen MR) is 91.7 cm³/mol. The van der Waals surface area contributed by atoms with Gasteiger partial charge in [0.05, 0.1) is 10.8 Å². The van der Waals surface area contributed by atoms with Gasteiger partial charge in [0.15, 0.2) is 0 Å². The first kappa shape index (κ1) is 17.9. The summed E-state index contributed by atoms with van der Waals surface area (Å²) in [4.78, 5) is 24.6. The monoisotopic (exact) mass is 366 g/mol. The minimum absolute atomic E-state index is 0.0267. The lowest BCUT2D eigenvalue weighted by Gasteiger charge is -2.30. The fourth-order valence-electron chi connectivity index (χ4n) is 3.43. The summed E-state index contributed by atoms with van der Waals surface area (Å²) in [7, 11) is -3.54. The fourth-order valence-corrected chi connectivity index (χ4v) is 5.03. The standard InChI is InChI=1S/C17H22N2O5S/c1-12-3-2-8-18(10-12)25(23,24)15-6-4-14(5-7-15)19-11-13(17(21)22)9-16(19)20/h4-7,12-13H,2-3,8-11H2,1H3,(H,21,22). The first-order valence-corrected chi connectivity index (χ1v) is 9.86. The summed E-state index contributed by atoms with van der Waals surface area (Å²) in [6, 6.07) is 6.13. The van der Waals surface area contributed by atoms with Crippen molar-refractivity contribution in [1.82, 2.24) is 4.31 Å². The Hall–Kier alpha value is -1.93. The van der Waals surface area contributed by atoms with Gasteiger partial charge < -0.3 is 10.0 Å². The molecule has 3 rings (SSSR count). The molecule has 1 aromatic rings. The quantitative estimate of drug-likeness (QED) is 0.872. The number of rotatable bonds is 4. The molecule has 0 aliphatic carbocycles. The number of nitrogens with zero attached hydrogens (tertiary/aromatic N) is 2. The maximum atomic E-state index is 12.7. The van der Waals surface area contributed by atoms with Crippen LogP contribution in [0.25, 0.3) is 0 Å². The summed E-state index contributed by atoms with van der Waals surface area (Å²) in [5.41, 5.74) is 0.528. The van der Waals surface area contributed by atoms with Crippen LogP contribution in [-0.4, -0.2) is 49.3 Å². The van der Waals surface area contributed by atoms with Crippen LogP contribution >= 0.6 is 0 Å². The number of sulfonamides is 1. The van der Waals surface area contributed by atoms with E-state index in [1.165, 1.54) is 21.3 Å². The number of benzene rings is 1. The van der Waals surface area contributed by atoms with E-state index in [4.69, 9.17) is 5.11 Å². The zero-order valence-corrected chi connectivity index (χ0v) is 14.9. The molecule has 2 aliphatic heterocycles. The highest BCUT2D eigenvalue weighted by Crippen LogP contribution is 2.28. The number of anilines is 1. The molecule has 1 aromatic carbocycles. The maximum Gasteiger partial charge on any atom is 0.308 e. The molecule has 1 amide bonds. The van der Waals surface area contributed by atoms with Crippen LogP contribution in [0, 0.1) is 11.8 Å². The van der Waals surface area contributed by atoms with Gasteiger partial charge in [0, 0.05) is 31.7 Å². The molecule has 0 bridgehead atoms. The molecule has 2 aliphatic rings. The van der Waals surface area contributed by atoms with Crippen LogP contribution in [-0.2, 0) is 19.6 Å². The molecule has 0 saturated carbocycles. The van der Waals surface area contributed by atoms with Crippen molar-refractivity contribution in [3.05, 3.63) is 24.3 Å². The first-order chi connectivity index (χ1) is 11.8. The highest BCUT2D eigenvalue weighted by molar-refractivity contribution is 7.89. The molecule has 0 spiro atoms. The van der Waals surface area contributed by atoms with Crippen LogP contribution < -0.4 is 4.90 Å². The molecule has 2 heterocycles. The highest BCUT2D eigenvalue weighted by atomic mass is 32.2. The molecule has 0 radical (unpaired) electrons. The summed E-state index contributed by atoms with van der Waals surface area (Å²) in [5.74, 6) is -1.62. The normalized spacial score (nSPS) is 25.3. The van der Waals surface area contributed by atoms with Crippen LogP contribution in [0.3, 0.4) is 0 Å². The number of carbonyl (C=O) groups is 2. The van der Waals surface area contributed by atoms with Gasteiger partial charge in [-0.2, -0.15) is 4.31 Å². The van der Waals surface area contributed by atoms with Crippen molar-refractivity contribution in [1.29, 1.82) is 0 Å². The van der Waals surface area contributed by atoms with Gasteiger partial charge in [-0.1, -0.05) is 6.92 Å². The third kappa shape index (κ3) is 3.55. The van der Waals surface area contributed by atoms with E-state index in [-0.39, 0.29) is 23.8 Å². The van der Waals surface area contributed by atoms with Gasteiger partial charge >= 0.3 is 5.97 Å². The third-order valence-corrected chi connectivity index (χ3v) is 6.76. The number of carboxylic acids is 1. The van der Waals surface area contributed by atoms with E-state index in [0.717, 1.165) is 12.8 Å². The van der Waals surface area contributed by atoms with Gasteiger partial charge in [0.1, 0.15) is 0 Å². The Balaban J connectivity index is 1.78. The smallest absolute Gasteiger partial charge is 0.308 e. The van der Waals surface area contributed by atoms with Crippen molar-refractivity contribution in [3.8, 4) is 0 Å². The molecule has 7 nitrogen and oxygen atoms in total. The number of amides is 1. The highest BCUT2D eigenvalue weighted by Gasteiger charge is 2.35. The van der Waals surface area contributed by atoms with Crippen LogP contribution in [0.5, 0.6) is 0 Å². The zero-order valence-electron chi connectivity index (χ0n) is 14.1. The summed E-state index contributed by atoms with van der Waals surface area (Å²) in [6.45, 7) is 3.21. The molecule has 1 N–H and O–H groups in total. The van der Waals surface area contributed by atoms with Gasteiger partial charge in [-0.15, -0.1) is 0 Å². The van der Waals surface area contributed by atoms with Crippen LogP contribution in [0.15, 0.2) is 29.2 Å². The summed E-state index contributed by atoms with van der Waals surface area (Å²) in [5, 5.41) is 9.05. The second-order valence-corrected chi connectivity index (χ2v) is 8.79. The summed E-state index contributed by atoms with van der Waals surface area (Å²) in [6.07, 6.45) is 1.87. The summed E-state index contributed by atoms with van der Waals surface area (Å²) >= 11 is 0. The molecular weight excluding hydrogens is 344 g/mol. The van der Waals surface area contributed by atoms with E-state index < -0.39 is 21.9 Å². The maximum absolute atomic E-state index is 12.7.